The fourth-order valence-electron chi connectivity index (χ4n) is 3.78. The molecule has 1 heterocycles. The van der Waals surface area contributed by atoms with Crippen LogP contribution < -0.4 is 10.2 Å². The molecule has 0 spiro atoms. The molecule has 1 saturated heterocycles. The number of amides is 2. The molecule has 2 amide bonds. The van der Waals surface area contributed by atoms with Crippen molar-refractivity contribution in [2.75, 3.05) is 36.4 Å². The average Bonchev–Trinajstić information content (AvgIpc) is 2.85. The summed E-state index contributed by atoms with van der Waals surface area (Å²) in [5, 5.41) is 2.96. The highest BCUT2D eigenvalue weighted by molar-refractivity contribution is 6.04. The number of carbonyl (C=O) groups excluding carboxylic acids is 2. The van der Waals surface area contributed by atoms with Gasteiger partial charge in [0.15, 0.2) is 0 Å². The number of rotatable bonds is 5. The molecule has 0 aromatic heterocycles. The zero-order chi connectivity index (χ0) is 21.6. The Morgan fingerprint density at radius 2 is 1.42 bits per heavy atom. The summed E-state index contributed by atoms with van der Waals surface area (Å²) in [6.07, 6.45) is 0.956. The number of piperazine rings is 1. The lowest BCUT2D eigenvalue weighted by Crippen LogP contribution is -2.48. The molecule has 1 aliphatic heterocycles. The van der Waals surface area contributed by atoms with Gasteiger partial charge < -0.3 is 15.1 Å². The summed E-state index contributed by atoms with van der Waals surface area (Å²) in [6, 6.07) is 25.0. The summed E-state index contributed by atoms with van der Waals surface area (Å²) in [5.74, 6) is -0.0197. The summed E-state index contributed by atoms with van der Waals surface area (Å²) in [5.41, 5.74) is 4.47. The van der Waals surface area contributed by atoms with Crippen molar-refractivity contribution in [3.8, 4) is 0 Å². The minimum Gasteiger partial charge on any atom is -0.368 e. The molecule has 1 N–H and O–H groups in total. The van der Waals surface area contributed by atoms with Gasteiger partial charge in [0, 0.05) is 48.7 Å². The van der Waals surface area contributed by atoms with Gasteiger partial charge in [0.2, 0.25) is 0 Å². The monoisotopic (exact) mass is 413 g/mol. The van der Waals surface area contributed by atoms with Crippen LogP contribution in [0.3, 0.4) is 0 Å². The molecule has 5 nitrogen and oxygen atoms in total. The van der Waals surface area contributed by atoms with E-state index in [9.17, 15) is 9.59 Å². The van der Waals surface area contributed by atoms with Gasteiger partial charge >= 0.3 is 0 Å². The highest BCUT2D eigenvalue weighted by Crippen LogP contribution is 2.21. The van der Waals surface area contributed by atoms with Crippen LogP contribution in [0.2, 0.25) is 0 Å². The van der Waals surface area contributed by atoms with E-state index in [0.29, 0.717) is 18.7 Å². The van der Waals surface area contributed by atoms with E-state index >= 15 is 0 Å². The van der Waals surface area contributed by atoms with Crippen LogP contribution in [0.15, 0.2) is 78.9 Å². The Morgan fingerprint density at radius 3 is 2.03 bits per heavy atom. The van der Waals surface area contributed by atoms with Crippen molar-refractivity contribution in [3.05, 3.63) is 95.6 Å². The van der Waals surface area contributed by atoms with Crippen LogP contribution in [-0.2, 0) is 6.42 Å². The van der Waals surface area contributed by atoms with Crippen molar-refractivity contribution >= 4 is 23.2 Å². The second-order valence-electron chi connectivity index (χ2n) is 7.70. The van der Waals surface area contributed by atoms with Gasteiger partial charge in [-0.05, 0) is 60.5 Å². The number of hydrogen-bond donors (Lipinski definition) is 1. The molecule has 1 fully saturated rings. The zero-order valence-electron chi connectivity index (χ0n) is 17.8. The van der Waals surface area contributed by atoms with Gasteiger partial charge in [-0.15, -0.1) is 0 Å². The second-order valence-corrected chi connectivity index (χ2v) is 7.70. The number of hydrogen-bond acceptors (Lipinski definition) is 3. The quantitative estimate of drug-likeness (QED) is 0.672. The fourth-order valence-corrected chi connectivity index (χ4v) is 3.78. The van der Waals surface area contributed by atoms with E-state index in [4.69, 9.17) is 0 Å². The van der Waals surface area contributed by atoms with Crippen molar-refractivity contribution < 1.29 is 9.59 Å². The van der Waals surface area contributed by atoms with Crippen LogP contribution in [0.25, 0.3) is 0 Å². The van der Waals surface area contributed by atoms with Gasteiger partial charge in [-0.25, -0.2) is 0 Å². The molecule has 3 aromatic rings. The van der Waals surface area contributed by atoms with Gasteiger partial charge in [-0.2, -0.15) is 0 Å². The lowest BCUT2D eigenvalue weighted by molar-refractivity contribution is 0.0746. The summed E-state index contributed by atoms with van der Waals surface area (Å²) in [4.78, 5) is 29.2. The Balaban J connectivity index is 1.32. The minimum absolute atomic E-state index is 0.0882. The standard InChI is InChI=1S/C26H27N3O2/c1-2-20-8-10-21(11-9-20)25(30)27-23-12-14-24(15-13-23)28-16-18-29(19-17-28)26(31)22-6-4-3-5-7-22/h3-15H,2,16-19H2,1H3,(H,27,30). The van der Waals surface area contributed by atoms with E-state index in [0.717, 1.165) is 36.4 Å². The molecule has 0 saturated carbocycles. The minimum atomic E-state index is -0.108. The molecule has 0 unspecified atom stereocenters. The molecule has 158 valence electrons. The number of benzene rings is 3. The van der Waals surface area contributed by atoms with Crippen molar-refractivity contribution in [2.24, 2.45) is 0 Å². The molecule has 0 aliphatic carbocycles. The smallest absolute Gasteiger partial charge is 0.255 e. The topological polar surface area (TPSA) is 52.7 Å². The van der Waals surface area contributed by atoms with E-state index in [2.05, 4.69) is 17.1 Å². The van der Waals surface area contributed by atoms with Crippen LogP contribution in [0.4, 0.5) is 11.4 Å². The van der Waals surface area contributed by atoms with E-state index in [1.807, 2.05) is 83.8 Å². The Hall–Kier alpha value is -3.60. The first kappa shape index (κ1) is 20.7. The fraction of sp³-hybridized carbons (Fsp3) is 0.231. The van der Waals surface area contributed by atoms with Crippen LogP contribution in [-0.4, -0.2) is 42.9 Å². The van der Waals surface area contributed by atoms with Crippen molar-refractivity contribution in [1.82, 2.24) is 4.90 Å². The van der Waals surface area contributed by atoms with Gasteiger partial charge in [-0.1, -0.05) is 37.3 Å². The van der Waals surface area contributed by atoms with Crippen LogP contribution in [0.5, 0.6) is 0 Å². The first-order chi connectivity index (χ1) is 15.1. The predicted octanol–water partition coefficient (Wildman–Crippen LogP) is 4.46. The third-order valence-corrected chi connectivity index (χ3v) is 5.70. The average molecular weight is 414 g/mol. The highest BCUT2D eigenvalue weighted by atomic mass is 16.2. The summed E-state index contributed by atoms with van der Waals surface area (Å²) in [6.45, 7) is 5.06. The molecular weight excluding hydrogens is 386 g/mol. The van der Waals surface area contributed by atoms with Gasteiger partial charge in [0.05, 0.1) is 0 Å². The Labute approximate surface area is 183 Å². The van der Waals surface area contributed by atoms with Crippen molar-refractivity contribution in [3.63, 3.8) is 0 Å². The molecule has 0 atom stereocenters. The Kier molecular flexibility index (Phi) is 6.32. The van der Waals surface area contributed by atoms with Gasteiger partial charge in [0.1, 0.15) is 0 Å². The molecule has 0 radical (unpaired) electrons. The lowest BCUT2D eigenvalue weighted by Gasteiger charge is -2.36. The summed E-state index contributed by atoms with van der Waals surface area (Å²) >= 11 is 0. The SMILES string of the molecule is CCc1ccc(C(=O)Nc2ccc(N3CCN(C(=O)c4ccccc4)CC3)cc2)cc1. The maximum absolute atomic E-state index is 12.6. The summed E-state index contributed by atoms with van der Waals surface area (Å²) < 4.78 is 0. The van der Waals surface area contributed by atoms with E-state index in [1.165, 1.54) is 5.56 Å². The third kappa shape index (κ3) is 4.94. The van der Waals surface area contributed by atoms with E-state index in [1.54, 1.807) is 0 Å². The van der Waals surface area contributed by atoms with Gasteiger partial charge in [0.25, 0.3) is 11.8 Å². The van der Waals surface area contributed by atoms with Crippen LogP contribution >= 0.6 is 0 Å². The number of anilines is 2. The van der Waals surface area contributed by atoms with E-state index < -0.39 is 0 Å². The molecule has 4 rings (SSSR count). The molecule has 31 heavy (non-hydrogen) atoms. The molecule has 3 aromatic carbocycles. The predicted molar refractivity (Wildman–Crippen MR) is 125 cm³/mol. The molecule has 5 heteroatoms. The van der Waals surface area contributed by atoms with Gasteiger partial charge in [-0.3, -0.25) is 9.59 Å². The maximum atomic E-state index is 12.6. The van der Waals surface area contributed by atoms with Crippen LogP contribution in [0.1, 0.15) is 33.2 Å². The molecular formula is C26H27N3O2. The first-order valence-electron chi connectivity index (χ1n) is 10.7. The normalized spacial score (nSPS) is 13.7. The highest BCUT2D eigenvalue weighted by Gasteiger charge is 2.22. The number of aryl methyl sites for hydroxylation is 1. The summed E-state index contributed by atoms with van der Waals surface area (Å²) in [7, 11) is 0. The second kappa shape index (κ2) is 9.47. The van der Waals surface area contributed by atoms with Crippen LogP contribution in [0, 0.1) is 0 Å². The number of nitrogens with one attached hydrogen (secondary N) is 1. The largest absolute Gasteiger partial charge is 0.368 e. The molecule has 1 aliphatic rings. The first-order valence-corrected chi connectivity index (χ1v) is 10.7. The molecule has 0 bridgehead atoms. The number of carbonyl (C=O) groups is 2. The Morgan fingerprint density at radius 1 is 0.774 bits per heavy atom. The van der Waals surface area contributed by atoms with E-state index in [-0.39, 0.29) is 11.8 Å². The third-order valence-electron chi connectivity index (χ3n) is 5.70. The van der Waals surface area contributed by atoms with Crippen molar-refractivity contribution in [1.29, 1.82) is 0 Å². The number of nitrogens with zero attached hydrogens (tertiary/aromatic N) is 2. The lowest BCUT2D eigenvalue weighted by atomic mass is 10.1. The Bertz CT molecular complexity index is 1020. The maximum Gasteiger partial charge on any atom is 0.255 e. The zero-order valence-corrected chi connectivity index (χ0v) is 17.8. The van der Waals surface area contributed by atoms with Crippen molar-refractivity contribution in [2.45, 2.75) is 13.3 Å².